The van der Waals surface area contributed by atoms with E-state index in [0.717, 1.165) is 38.5 Å². The average Bonchev–Trinajstić information content (AvgIpc) is 3.27. The zero-order valence-electron chi connectivity index (χ0n) is 14.7. The fourth-order valence-corrected chi connectivity index (χ4v) is 4.13. The van der Waals surface area contributed by atoms with E-state index in [0.29, 0.717) is 18.4 Å². The second-order valence-corrected chi connectivity index (χ2v) is 7.31. The highest BCUT2D eigenvalue weighted by Gasteiger charge is 2.46. The molecule has 0 aromatic heterocycles. The first-order valence-corrected chi connectivity index (χ1v) is 9.29. The van der Waals surface area contributed by atoms with E-state index in [1.165, 1.54) is 6.07 Å². The molecule has 1 atom stereocenters. The van der Waals surface area contributed by atoms with Gasteiger partial charge in [-0.05, 0) is 38.7 Å². The molecule has 1 aromatic rings. The lowest BCUT2D eigenvalue weighted by Crippen LogP contribution is -2.44. The number of amides is 1. The predicted molar refractivity (Wildman–Crippen MR) is 92.5 cm³/mol. The van der Waals surface area contributed by atoms with Crippen LogP contribution in [-0.2, 0) is 19.7 Å². The summed E-state index contributed by atoms with van der Waals surface area (Å²) < 4.78 is 19.8. The Morgan fingerprint density at radius 1 is 1.16 bits per heavy atom. The van der Waals surface area contributed by atoms with Crippen LogP contribution >= 0.6 is 0 Å². The molecule has 1 aromatic carbocycles. The van der Waals surface area contributed by atoms with Crippen LogP contribution in [-0.4, -0.2) is 24.0 Å². The lowest BCUT2D eigenvalue weighted by Gasteiger charge is -2.29. The molecular formula is C20H26FNO3. The van der Waals surface area contributed by atoms with E-state index in [2.05, 4.69) is 5.32 Å². The highest BCUT2D eigenvalue weighted by molar-refractivity contribution is 5.88. The monoisotopic (exact) mass is 347 g/mol. The fraction of sp³-hybridized carbons (Fsp3) is 0.600. The minimum Gasteiger partial charge on any atom is -0.452 e. The van der Waals surface area contributed by atoms with Crippen molar-refractivity contribution in [2.24, 2.45) is 0 Å². The molecular weight excluding hydrogens is 321 g/mol. The Balaban J connectivity index is 1.71. The largest absolute Gasteiger partial charge is 0.452 e. The van der Waals surface area contributed by atoms with Crippen LogP contribution in [0.3, 0.4) is 0 Å². The third kappa shape index (κ3) is 3.70. The maximum atomic E-state index is 14.3. The van der Waals surface area contributed by atoms with Crippen molar-refractivity contribution in [3.8, 4) is 0 Å². The number of benzene rings is 1. The summed E-state index contributed by atoms with van der Waals surface area (Å²) in [6.45, 7) is 1.59. The molecule has 2 aliphatic rings. The summed E-state index contributed by atoms with van der Waals surface area (Å²) in [6.07, 6.45) is 6.16. The van der Waals surface area contributed by atoms with Gasteiger partial charge >= 0.3 is 5.97 Å². The topological polar surface area (TPSA) is 55.4 Å². The first-order chi connectivity index (χ1) is 12.0. The van der Waals surface area contributed by atoms with Crippen molar-refractivity contribution in [2.45, 2.75) is 75.9 Å². The summed E-state index contributed by atoms with van der Waals surface area (Å²) >= 11 is 0. The maximum Gasteiger partial charge on any atom is 0.317 e. The van der Waals surface area contributed by atoms with Crippen LogP contribution in [0.4, 0.5) is 4.39 Å². The summed E-state index contributed by atoms with van der Waals surface area (Å²) in [5.74, 6) is -1.13. The lowest BCUT2D eigenvalue weighted by molar-refractivity contribution is -0.160. The molecule has 5 heteroatoms. The smallest absolute Gasteiger partial charge is 0.317 e. The van der Waals surface area contributed by atoms with Gasteiger partial charge in [0.15, 0.2) is 6.10 Å². The van der Waals surface area contributed by atoms with Crippen molar-refractivity contribution < 1.29 is 18.7 Å². The van der Waals surface area contributed by atoms with Crippen molar-refractivity contribution in [1.29, 1.82) is 0 Å². The van der Waals surface area contributed by atoms with E-state index in [-0.39, 0.29) is 17.8 Å². The van der Waals surface area contributed by atoms with Crippen molar-refractivity contribution in [3.63, 3.8) is 0 Å². The van der Waals surface area contributed by atoms with Crippen LogP contribution in [0.1, 0.15) is 63.9 Å². The van der Waals surface area contributed by atoms with Crippen LogP contribution in [0.2, 0.25) is 0 Å². The number of ether oxygens (including phenoxy) is 1. The second-order valence-electron chi connectivity index (χ2n) is 7.31. The Morgan fingerprint density at radius 2 is 1.80 bits per heavy atom. The average molecular weight is 347 g/mol. The molecule has 3 rings (SSSR count). The summed E-state index contributed by atoms with van der Waals surface area (Å²) in [6, 6.07) is 6.57. The molecule has 1 N–H and O–H groups in total. The van der Waals surface area contributed by atoms with Gasteiger partial charge in [-0.1, -0.05) is 43.9 Å². The molecule has 0 bridgehead atoms. The zero-order chi connectivity index (χ0) is 17.9. The number of rotatable bonds is 5. The Hall–Kier alpha value is -1.91. The summed E-state index contributed by atoms with van der Waals surface area (Å²) in [5, 5.41) is 2.95. The minimum atomic E-state index is -0.965. The molecule has 25 heavy (non-hydrogen) atoms. The van der Waals surface area contributed by atoms with Gasteiger partial charge in [0.25, 0.3) is 5.91 Å². The number of hydrogen-bond acceptors (Lipinski definition) is 3. The number of esters is 1. The van der Waals surface area contributed by atoms with Gasteiger partial charge in [0.2, 0.25) is 0 Å². The van der Waals surface area contributed by atoms with Gasteiger partial charge in [-0.3, -0.25) is 9.59 Å². The molecule has 1 amide bonds. The third-order valence-electron chi connectivity index (χ3n) is 5.59. The zero-order valence-corrected chi connectivity index (χ0v) is 14.7. The molecule has 2 fully saturated rings. The highest BCUT2D eigenvalue weighted by Crippen LogP contribution is 2.43. The van der Waals surface area contributed by atoms with Gasteiger partial charge in [-0.15, -0.1) is 0 Å². The molecule has 0 radical (unpaired) electrons. The van der Waals surface area contributed by atoms with Gasteiger partial charge in [0.05, 0.1) is 5.41 Å². The van der Waals surface area contributed by atoms with E-state index in [1.54, 1.807) is 25.1 Å². The van der Waals surface area contributed by atoms with Crippen LogP contribution in [0.15, 0.2) is 24.3 Å². The van der Waals surface area contributed by atoms with Gasteiger partial charge < -0.3 is 10.1 Å². The van der Waals surface area contributed by atoms with E-state index >= 15 is 0 Å². The lowest BCUT2D eigenvalue weighted by atomic mass is 9.78. The van der Waals surface area contributed by atoms with Gasteiger partial charge in [0.1, 0.15) is 5.82 Å². The van der Waals surface area contributed by atoms with Crippen LogP contribution in [0.5, 0.6) is 0 Å². The van der Waals surface area contributed by atoms with Crippen LogP contribution in [0.25, 0.3) is 0 Å². The minimum absolute atomic E-state index is 0.181. The normalized spacial score (nSPS) is 21.0. The van der Waals surface area contributed by atoms with E-state index in [9.17, 15) is 14.0 Å². The molecule has 0 heterocycles. The number of hydrogen-bond donors (Lipinski definition) is 1. The van der Waals surface area contributed by atoms with Gasteiger partial charge in [0, 0.05) is 11.6 Å². The Bertz CT molecular complexity index is 634. The standard InChI is InChI=1S/C20H26FNO3/c1-14(18(23)22-15-8-2-3-9-15)25-19(24)20(12-6-7-13-20)16-10-4-5-11-17(16)21/h4-5,10-11,14-15H,2-3,6-9,12-13H2,1H3,(H,22,23)/t14-/m1/s1. The van der Waals surface area contributed by atoms with Crippen LogP contribution < -0.4 is 5.32 Å². The van der Waals surface area contributed by atoms with Crippen molar-refractivity contribution in [2.75, 3.05) is 0 Å². The van der Waals surface area contributed by atoms with Gasteiger partial charge in [-0.2, -0.15) is 0 Å². The van der Waals surface area contributed by atoms with Gasteiger partial charge in [-0.25, -0.2) is 4.39 Å². The Morgan fingerprint density at radius 3 is 2.44 bits per heavy atom. The first kappa shape index (κ1) is 17.9. The SMILES string of the molecule is C[C@@H](OC(=O)C1(c2ccccc2F)CCCC1)C(=O)NC1CCCC1. The third-order valence-corrected chi connectivity index (χ3v) is 5.59. The highest BCUT2D eigenvalue weighted by atomic mass is 19.1. The van der Waals surface area contributed by atoms with E-state index in [1.807, 2.05) is 0 Å². The maximum absolute atomic E-state index is 14.3. The van der Waals surface area contributed by atoms with E-state index in [4.69, 9.17) is 4.74 Å². The molecule has 136 valence electrons. The molecule has 0 spiro atoms. The number of nitrogens with one attached hydrogen (secondary N) is 1. The quantitative estimate of drug-likeness (QED) is 0.828. The predicted octanol–water partition coefficient (Wildman–Crippen LogP) is 3.63. The summed E-state index contributed by atoms with van der Waals surface area (Å²) in [4.78, 5) is 25.2. The van der Waals surface area contributed by atoms with Crippen molar-refractivity contribution in [1.82, 2.24) is 5.32 Å². The molecule has 2 saturated carbocycles. The number of carbonyl (C=O) groups is 2. The van der Waals surface area contributed by atoms with E-state index < -0.39 is 17.5 Å². The van der Waals surface area contributed by atoms with Crippen LogP contribution in [0, 0.1) is 5.82 Å². The van der Waals surface area contributed by atoms with Crippen molar-refractivity contribution >= 4 is 11.9 Å². The number of halogens is 1. The summed E-state index contributed by atoms with van der Waals surface area (Å²) in [5.41, 5.74) is -0.575. The molecule has 2 aliphatic carbocycles. The van der Waals surface area contributed by atoms with Crippen molar-refractivity contribution in [3.05, 3.63) is 35.6 Å². The summed E-state index contributed by atoms with van der Waals surface area (Å²) in [7, 11) is 0. The Kier molecular flexibility index (Phi) is 5.40. The molecule has 4 nitrogen and oxygen atoms in total. The first-order valence-electron chi connectivity index (χ1n) is 9.29. The Labute approximate surface area is 148 Å². The fourth-order valence-electron chi connectivity index (χ4n) is 4.13. The number of carbonyl (C=O) groups excluding carboxylic acids is 2. The molecule has 0 unspecified atom stereocenters. The second kappa shape index (κ2) is 7.54. The molecule has 0 aliphatic heterocycles. The molecule has 0 saturated heterocycles.